The van der Waals surface area contributed by atoms with Gasteiger partial charge in [-0.25, -0.2) is 0 Å². The van der Waals surface area contributed by atoms with E-state index in [1.807, 2.05) is 31.2 Å². The summed E-state index contributed by atoms with van der Waals surface area (Å²) >= 11 is 0. The van der Waals surface area contributed by atoms with E-state index in [2.05, 4.69) is 6.07 Å². The van der Waals surface area contributed by atoms with Gasteiger partial charge >= 0.3 is 5.69 Å². The number of nitriles is 1. The van der Waals surface area contributed by atoms with Crippen molar-refractivity contribution in [3.8, 4) is 11.8 Å². The number of benzene rings is 2. The molecule has 2 aromatic rings. The molecule has 0 atom stereocenters. The number of aryl methyl sites for hydroxylation is 1. The molecule has 0 aromatic heterocycles. The number of nitro groups is 1. The zero-order valence-corrected chi connectivity index (χ0v) is 12.2. The number of nitrogens with zero attached hydrogens (tertiary/aromatic N) is 2. The van der Waals surface area contributed by atoms with E-state index in [1.165, 1.54) is 19.2 Å². The second kappa shape index (κ2) is 6.55. The monoisotopic (exact) mass is 294 g/mol. The second-order valence-electron chi connectivity index (χ2n) is 4.73. The van der Waals surface area contributed by atoms with Crippen LogP contribution in [0.25, 0.3) is 11.6 Å². The van der Waals surface area contributed by atoms with E-state index in [-0.39, 0.29) is 11.4 Å². The van der Waals surface area contributed by atoms with E-state index in [9.17, 15) is 15.4 Å². The Morgan fingerprint density at radius 3 is 2.68 bits per heavy atom. The summed E-state index contributed by atoms with van der Waals surface area (Å²) in [6.07, 6.45) is 1.63. The standard InChI is InChI=1S/C17H14N2O3/c1-12-4-3-5-14(8-12)15(11-18)9-13-6-7-17(22-2)16(10-13)19(20)21/h3-10H,1-2H3/b15-9-. The third kappa shape index (κ3) is 3.30. The van der Waals surface area contributed by atoms with Crippen molar-refractivity contribution in [1.29, 1.82) is 5.26 Å². The average Bonchev–Trinajstić information content (AvgIpc) is 2.52. The molecule has 0 radical (unpaired) electrons. The summed E-state index contributed by atoms with van der Waals surface area (Å²) in [7, 11) is 1.38. The molecule has 0 aliphatic rings. The van der Waals surface area contributed by atoms with Crippen molar-refractivity contribution in [2.45, 2.75) is 6.92 Å². The molecule has 2 rings (SSSR count). The molecule has 0 aliphatic carbocycles. The molecular weight excluding hydrogens is 280 g/mol. The maximum absolute atomic E-state index is 11.0. The van der Waals surface area contributed by atoms with E-state index in [4.69, 9.17) is 4.74 Å². The van der Waals surface area contributed by atoms with Crippen molar-refractivity contribution < 1.29 is 9.66 Å². The van der Waals surface area contributed by atoms with Gasteiger partial charge in [0.05, 0.1) is 23.7 Å². The second-order valence-corrected chi connectivity index (χ2v) is 4.73. The molecule has 0 unspecified atom stereocenters. The van der Waals surface area contributed by atoms with Crippen LogP contribution in [-0.4, -0.2) is 12.0 Å². The molecule has 0 heterocycles. The summed E-state index contributed by atoms with van der Waals surface area (Å²) < 4.78 is 4.97. The first-order valence-corrected chi connectivity index (χ1v) is 6.56. The molecule has 0 saturated heterocycles. The van der Waals surface area contributed by atoms with Crippen molar-refractivity contribution in [2.24, 2.45) is 0 Å². The molecule has 0 aliphatic heterocycles. The normalized spacial score (nSPS) is 10.9. The molecular formula is C17H14N2O3. The Balaban J connectivity index is 2.49. The lowest BCUT2D eigenvalue weighted by Crippen LogP contribution is -1.94. The minimum Gasteiger partial charge on any atom is -0.490 e. The summed E-state index contributed by atoms with van der Waals surface area (Å²) in [5.41, 5.74) is 2.71. The Morgan fingerprint density at radius 1 is 1.32 bits per heavy atom. The van der Waals surface area contributed by atoms with E-state index >= 15 is 0 Å². The average molecular weight is 294 g/mol. The van der Waals surface area contributed by atoms with Crippen LogP contribution in [0.15, 0.2) is 42.5 Å². The zero-order valence-electron chi connectivity index (χ0n) is 12.2. The highest BCUT2D eigenvalue weighted by molar-refractivity contribution is 5.90. The van der Waals surface area contributed by atoms with Crippen LogP contribution in [0, 0.1) is 28.4 Å². The highest BCUT2D eigenvalue weighted by atomic mass is 16.6. The van der Waals surface area contributed by atoms with Gasteiger partial charge in [0.15, 0.2) is 5.75 Å². The van der Waals surface area contributed by atoms with Crippen LogP contribution in [0.4, 0.5) is 5.69 Å². The number of allylic oxidation sites excluding steroid dienone is 1. The topological polar surface area (TPSA) is 76.2 Å². The van der Waals surface area contributed by atoms with Crippen LogP contribution in [0.2, 0.25) is 0 Å². The van der Waals surface area contributed by atoms with Gasteiger partial charge in [-0.3, -0.25) is 10.1 Å². The predicted molar refractivity (Wildman–Crippen MR) is 84.3 cm³/mol. The molecule has 0 amide bonds. The van der Waals surface area contributed by atoms with Gasteiger partial charge in [0.2, 0.25) is 0 Å². The van der Waals surface area contributed by atoms with E-state index in [0.29, 0.717) is 11.1 Å². The van der Waals surface area contributed by atoms with Gasteiger partial charge in [0.25, 0.3) is 0 Å². The first-order valence-electron chi connectivity index (χ1n) is 6.56. The smallest absolute Gasteiger partial charge is 0.311 e. The molecule has 0 spiro atoms. The SMILES string of the molecule is COc1ccc(/C=C(/C#N)c2cccc(C)c2)cc1[N+](=O)[O-]. The zero-order chi connectivity index (χ0) is 16.1. The van der Waals surface area contributed by atoms with Gasteiger partial charge in [-0.15, -0.1) is 0 Å². The number of methoxy groups -OCH3 is 1. The summed E-state index contributed by atoms with van der Waals surface area (Å²) in [6, 6.07) is 14.3. The fourth-order valence-electron chi connectivity index (χ4n) is 2.10. The predicted octanol–water partition coefficient (Wildman–Crippen LogP) is 3.98. The minimum atomic E-state index is -0.505. The first kappa shape index (κ1) is 15.3. The number of ether oxygens (including phenoxy) is 1. The van der Waals surface area contributed by atoms with Crippen LogP contribution >= 0.6 is 0 Å². The van der Waals surface area contributed by atoms with Gasteiger partial charge in [-0.1, -0.05) is 35.9 Å². The largest absolute Gasteiger partial charge is 0.490 e. The number of nitro benzene ring substituents is 1. The summed E-state index contributed by atoms with van der Waals surface area (Å²) in [4.78, 5) is 10.5. The lowest BCUT2D eigenvalue weighted by Gasteiger charge is -2.04. The molecule has 0 fully saturated rings. The van der Waals surface area contributed by atoms with Gasteiger partial charge in [-0.2, -0.15) is 5.26 Å². The van der Waals surface area contributed by atoms with Crippen molar-refractivity contribution in [2.75, 3.05) is 7.11 Å². The molecule has 110 valence electrons. The van der Waals surface area contributed by atoms with Gasteiger partial charge in [-0.05, 0) is 30.2 Å². The minimum absolute atomic E-state index is 0.127. The number of hydrogen-bond acceptors (Lipinski definition) is 4. The van der Waals surface area contributed by atoms with Crippen molar-refractivity contribution in [1.82, 2.24) is 0 Å². The maximum Gasteiger partial charge on any atom is 0.311 e. The molecule has 0 N–H and O–H groups in total. The molecule has 0 saturated carbocycles. The molecule has 2 aromatic carbocycles. The van der Waals surface area contributed by atoms with E-state index < -0.39 is 4.92 Å². The third-order valence-corrected chi connectivity index (χ3v) is 3.16. The molecule has 0 bridgehead atoms. The molecule has 5 heteroatoms. The summed E-state index contributed by atoms with van der Waals surface area (Å²) in [5.74, 6) is 0.191. The molecule has 5 nitrogen and oxygen atoms in total. The van der Waals surface area contributed by atoms with E-state index in [0.717, 1.165) is 11.1 Å². The lowest BCUT2D eigenvalue weighted by atomic mass is 10.0. The molecule has 22 heavy (non-hydrogen) atoms. The van der Waals surface area contributed by atoms with Crippen molar-refractivity contribution in [3.63, 3.8) is 0 Å². The van der Waals surface area contributed by atoms with Crippen molar-refractivity contribution >= 4 is 17.3 Å². The van der Waals surface area contributed by atoms with Gasteiger partial charge in [0.1, 0.15) is 0 Å². The van der Waals surface area contributed by atoms with Gasteiger partial charge < -0.3 is 4.74 Å². The maximum atomic E-state index is 11.0. The van der Waals surface area contributed by atoms with Crippen molar-refractivity contribution in [3.05, 3.63) is 69.3 Å². The third-order valence-electron chi connectivity index (χ3n) is 3.16. The fraction of sp³-hybridized carbons (Fsp3) is 0.118. The highest BCUT2D eigenvalue weighted by Gasteiger charge is 2.14. The Labute approximate surface area is 128 Å². The highest BCUT2D eigenvalue weighted by Crippen LogP contribution is 2.29. The van der Waals surface area contributed by atoms with Crippen LogP contribution in [0.1, 0.15) is 16.7 Å². The van der Waals surface area contributed by atoms with Crippen LogP contribution in [-0.2, 0) is 0 Å². The van der Waals surface area contributed by atoms with Crippen LogP contribution in [0.3, 0.4) is 0 Å². The fourth-order valence-corrected chi connectivity index (χ4v) is 2.10. The Kier molecular flexibility index (Phi) is 4.54. The summed E-state index contributed by atoms with van der Waals surface area (Å²) in [5, 5.41) is 20.4. The van der Waals surface area contributed by atoms with E-state index in [1.54, 1.807) is 12.1 Å². The lowest BCUT2D eigenvalue weighted by molar-refractivity contribution is -0.385. The number of rotatable bonds is 4. The van der Waals surface area contributed by atoms with Gasteiger partial charge in [0, 0.05) is 6.07 Å². The summed E-state index contributed by atoms with van der Waals surface area (Å²) in [6.45, 7) is 1.94. The Morgan fingerprint density at radius 2 is 2.09 bits per heavy atom. The Hall–Kier alpha value is -3.13. The quantitative estimate of drug-likeness (QED) is 0.370. The Bertz CT molecular complexity index is 789. The first-order chi connectivity index (χ1) is 10.5. The number of hydrogen-bond donors (Lipinski definition) is 0. The van der Waals surface area contributed by atoms with Crippen LogP contribution < -0.4 is 4.74 Å². The van der Waals surface area contributed by atoms with Crippen LogP contribution in [0.5, 0.6) is 5.75 Å².